The molecule has 84 valence electrons. The van der Waals surface area contributed by atoms with Crippen molar-refractivity contribution in [3.05, 3.63) is 48.2 Å². The van der Waals surface area contributed by atoms with Gasteiger partial charge in [0.1, 0.15) is 0 Å². The van der Waals surface area contributed by atoms with Crippen LogP contribution in [-0.2, 0) is 16.1 Å². The fraction of sp³-hybridized carbons (Fsp3) is 0.231. The van der Waals surface area contributed by atoms with Crippen LogP contribution in [0.4, 0.5) is 5.69 Å². The van der Waals surface area contributed by atoms with Crippen molar-refractivity contribution >= 4 is 11.6 Å². The van der Waals surface area contributed by atoms with E-state index < -0.39 is 0 Å². The van der Waals surface area contributed by atoms with Gasteiger partial charge in [-0.25, -0.2) is 0 Å². The Balaban J connectivity index is 2.44. The average Bonchev–Trinajstić information content (AvgIpc) is 2.26. The molecule has 0 bridgehead atoms. The maximum atomic E-state index is 10.8. The minimum Gasteiger partial charge on any atom is -0.372 e. The van der Waals surface area contributed by atoms with Gasteiger partial charge >= 0.3 is 0 Å². The Morgan fingerprint density at radius 3 is 2.75 bits per heavy atom. The molecule has 3 nitrogen and oxygen atoms in total. The van der Waals surface area contributed by atoms with Crippen molar-refractivity contribution in [3.63, 3.8) is 0 Å². The Hall–Kier alpha value is -1.83. The number of carbonyl (C=O) groups is 1. The first-order valence-corrected chi connectivity index (χ1v) is 5.01. The molecule has 16 heavy (non-hydrogen) atoms. The van der Waals surface area contributed by atoms with Gasteiger partial charge in [0, 0.05) is 12.6 Å². The van der Waals surface area contributed by atoms with Gasteiger partial charge in [0.15, 0.2) is 0 Å². The summed E-state index contributed by atoms with van der Waals surface area (Å²) in [6.07, 6.45) is 1.73. The first-order valence-electron chi connectivity index (χ1n) is 5.01. The van der Waals surface area contributed by atoms with Crippen molar-refractivity contribution in [1.29, 1.82) is 0 Å². The van der Waals surface area contributed by atoms with E-state index in [0.29, 0.717) is 13.2 Å². The predicted octanol–water partition coefficient (Wildman–Crippen LogP) is 2.50. The van der Waals surface area contributed by atoms with Crippen LogP contribution in [0, 0.1) is 0 Å². The van der Waals surface area contributed by atoms with E-state index in [1.165, 1.54) is 6.92 Å². The SMILES string of the molecule is C=C=CCOCc1ccc(NC(C)=O)cc1. The van der Waals surface area contributed by atoms with E-state index in [4.69, 9.17) is 4.74 Å². The third kappa shape index (κ3) is 4.60. The highest BCUT2D eigenvalue weighted by Crippen LogP contribution is 2.10. The summed E-state index contributed by atoms with van der Waals surface area (Å²) in [5, 5.41) is 2.70. The summed E-state index contributed by atoms with van der Waals surface area (Å²) < 4.78 is 5.34. The van der Waals surface area contributed by atoms with Gasteiger partial charge in [-0.05, 0) is 23.8 Å². The van der Waals surface area contributed by atoms with Crippen LogP contribution >= 0.6 is 0 Å². The summed E-state index contributed by atoms with van der Waals surface area (Å²) in [4.78, 5) is 10.8. The molecule has 1 amide bonds. The summed E-state index contributed by atoms with van der Waals surface area (Å²) in [6, 6.07) is 7.54. The summed E-state index contributed by atoms with van der Waals surface area (Å²) in [5.41, 5.74) is 4.49. The number of carbonyl (C=O) groups excluding carboxylic acids is 1. The van der Waals surface area contributed by atoms with E-state index in [0.717, 1.165) is 11.3 Å². The van der Waals surface area contributed by atoms with E-state index in [2.05, 4.69) is 17.6 Å². The lowest BCUT2D eigenvalue weighted by Crippen LogP contribution is -2.05. The lowest BCUT2D eigenvalue weighted by Gasteiger charge is -2.04. The highest BCUT2D eigenvalue weighted by Gasteiger charge is 1.96. The second-order valence-electron chi connectivity index (χ2n) is 3.30. The van der Waals surface area contributed by atoms with E-state index >= 15 is 0 Å². The fourth-order valence-corrected chi connectivity index (χ4v) is 1.18. The normalized spacial score (nSPS) is 9.31. The van der Waals surface area contributed by atoms with Gasteiger partial charge < -0.3 is 10.1 Å². The molecule has 0 aromatic heterocycles. The van der Waals surface area contributed by atoms with Crippen molar-refractivity contribution in [1.82, 2.24) is 0 Å². The Morgan fingerprint density at radius 1 is 1.50 bits per heavy atom. The van der Waals surface area contributed by atoms with Crippen LogP contribution in [-0.4, -0.2) is 12.5 Å². The largest absolute Gasteiger partial charge is 0.372 e. The molecule has 0 aliphatic heterocycles. The third-order valence-electron chi connectivity index (χ3n) is 1.89. The molecule has 0 spiro atoms. The molecule has 3 heteroatoms. The molecule has 0 atom stereocenters. The summed E-state index contributed by atoms with van der Waals surface area (Å²) in [6.45, 7) is 5.98. The second-order valence-corrected chi connectivity index (χ2v) is 3.30. The van der Waals surface area contributed by atoms with Crippen LogP contribution in [0.2, 0.25) is 0 Å². The zero-order valence-corrected chi connectivity index (χ0v) is 9.32. The zero-order chi connectivity index (χ0) is 11.8. The van der Waals surface area contributed by atoms with Crippen LogP contribution < -0.4 is 5.32 Å². The van der Waals surface area contributed by atoms with Gasteiger partial charge in [-0.2, -0.15) is 0 Å². The average molecular weight is 217 g/mol. The standard InChI is InChI=1S/C13H15NO2/c1-3-4-9-16-10-12-5-7-13(8-6-12)14-11(2)15/h4-8H,1,9-10H2,2H3,(H,14,15). The molecule has 0 unspecified atom stereocenters. The first-order chi connectivity index (χ1) is 7.72. The van der Waals surface area contributed by atoms with Crippen molar-refractivity contribution in [2.24, 2.45) is 0 Å². The monoisotopic (exact) mass is 217 g/mol. The van der Waals surface area contributed by atoms with Crippen LogP contribution in [0.15, 0.2) is 42.7 Å². The first kappa shape index (κ1) is 12.2. The van der Waals surface area contributed by atoms with Crippen LogP contribution in [0.5, 0.6) is 0 Å². The molecule has 0 fully saturated rings. The van der Waals surface area contributed by atoms with Gasteiger partial charge in [0.25, 0.3) is 0 Å². The summed E-state index contributed by atoms with van der Waals surface area (Å²) in [7, 11) is 0. The van der Waals surface area contributed by atoms with E-state index in [-0.39, 0.29) is 5.91 Å². The lowest BCUT2D eigenvalue weighted by molar-refractivity contribution is -0.114. The van der Waals surface area contributed by atoms with Gasteiger partial charge in [-0.3, -0.25) is 4.79 Å². The Morgan fingerprint density at radius 2 is 2.19 bits per heavy atom. The number of rotatable bonds is 5. The molecular formula is C13H15NO2. The third-order valence-corrected chi connectivity index (χ3v) is 1.89. The molecule has 1 N–H and O–H groups in total. The number of benzene rings is 1. The van der Waals surface area contributed by atoms with Crippen molar-refractivity contribution < 1.29 is 9.53 Å². The van der Waals surface area contributed by atoms with Crippen LogP contribution in [0.1, 0.15) is 12.5 Å². The predicted molar refractivity (Wildman–Crippen MR) is 64.1 cm³/mol. The lowest BCUT2D eigenvalue weighted by atomic mass is 10.2. The number of amides is 1. The van der Waals surface area contributed by atoms with Gasteiger partial charge in [-0.15, -0.1) is 5.73 Å². The number of nitrogens with one attached hydrogen (secondary N) is 1. The molecule has 0 aliphatic carbocycles. The smallest absolute Gasteiger partial charge is 0.221 e. The maximum Gasteiger partial charge on any atom is 0.221 e. The zero-order valence-electron chi connectivity index (χ0n) is 9.32. The molecule has 0 saturated carbocycles. The van der Waals surface area contributed by atoms with Crippen molar-refractivity contribution in [2.45, 2.75) is 13.5 Å². The number of hydrogen-bond donors (Lipinski definition) is 1. The molecular weight excluding hydrogens is 202 g/mol. The highest BCUT2D eigenvalue weighted by atomic mass is 16.5. The quantitative estimate of drug-likeness (QED) is 0.608. The number of hydrogen-bond acceptors (Lipinski definition) is 2. The van der Waals surface area contributed by atoms with Crippen LogP contribution in [0.3, 0.4) is 0 Å². The molecule has 0 radical (unpaired) electrons. The molecule has 1 aromatic rings. The molecule has 0 aliphatic rings. The summed E-state index contributed by atoms with van der Waals surface area (Å²) >= 11 is 0. The Kier molecular flexibility index (Phi) is 5.06. The maximum absolute atomic E-state index is 10.8. The Bertz CT molecular complexity index is 389. The molecule has 1 aromatic carbocycles. The van der Waals surface area contributed by atoms with E-state index in [9.17, 15) is 4.79 Å². The van der Waals surface area contributed by atoms with E-state index in [1.54, 1.807) is 6.08 Å². The van der Waals surface area contributed by atoms with Crippen LogP contribution in [0.25, 0.3) is 0 Å². The molecule has 1 rings (SSSR count). The Labute approximate surface area is 95.4 Å². The topological polar surface area (TPSA) is 38.3 Å². The minimum atomic E-state index is -0.0693. The summed E-state index contributed by atoms with van der Waals surface area (Å²) in [5.74, 6) is -0.0693. The van der Waals surface area contributed by atoms with E-state index in [1.807, 2.05) is 24.3 Å². The van der Waals surface area contributed by atoms with Gasteiger partial charge in [0.2, 0.25) is 5.91 Å². The van der Waals surface area contributed by atoms with Crippen molar-refractivity contribution in [3.8, 4) is 0 Å². The van der Waals surface area contributed by atoms with Gasteiger partial charge in [-0.1, -0.05) is 18.7 Å². The second kappa shape index (κ2) is 6.62. The number of anilines is 1. The molecule has 0 saturated heterocycles. The fourth-order valence-electron chi connectivity index (χ4n) is 1.18. The molecule has 0 heterocycles. The van der Waals surface area contributed by atoms with Crippen molar-refractivity contribution in [2.75, 3.05) is 11.9 Å². The number of ether oxygens (including phenoxy) is 1. The van der Waals surface area contributed by atoms with Gasteiger partial charge in [0.05, 0.1) is 13.2 Å². The highest BCUT2D eigenvalue weighted by molar-refractivity contribution is 5.88. The minimum absolute atomic E-state index is 0.0693.